The number of benzene rings is 2. The van der Waals surface area contributed by atoms with Crippen molar-refractivity contribution < 1.29 is 24.5 Å². The molecule has 0 atom stereocenters. The summed E-state index contributed by atoms with van der Waals surface area (Å²) < 4.78 is 6.71. The molecule has 0 saturated carbocycles. The molecule has 1 amide bonds. The van der Waals surface area contributed by atoms with Crippen LogP contribution >= 0.6 is 11.6 Å². The summed E-state index contributed by atoms with van der Waals surface area (Å²) in [5.74, 6) is -0.932. The van der Waals surface area contributed by atoms with Gasteiger partial charge in [0.2, 0.25) is 0 Å². The number of non-ortho nitro benzene ring substituents is 2. The van der Waals surface area contributed by atoms with Crippen LogP contribution < -0.4 is 10.1 Å². The third-order valence-electron chi connectivity index (χ3n) is 3.79. The Morgan fingerprint density at radius 1 is 1.13 bits per heavy atom. The number of nitrogens with one attached hydrogen (secondary N) is 1. The fourth-order valence-corrected chi connectivity index (χ4v) is 2.57. The second kappa shape index (κ2) is 8.45. The fourth-order valence-electron chi connectivity index (χ4n) is 2.34. The quantitative estimate of drug-likeness (QED) is 0.325. The molecule has 0 aliphatic heterocycles. The highest BCUT2D eigenvalue weighted by Crippen LogP contribution is 2.29. The lowest BCUT2D eigenvalue weighted by Crippen LogP contribution is -2.14. The average Bonchev–Trinajstić information content (AvgIpc) is 3.17. The van der Waals surface area contributed by atoms with Crippen LogP contribution in [0.15, 0.2) is 48.7 Å². The molecule has 2 aromatic carbocycles. The average molecular weight is 434 g/mol. The number of phenols is 1. The molecular weight excluding hydrogens is 422 g/mol. The zero-order valence-corrected chi connectivity index (χ0v) is 15.6. The molecule has 0 radical (unpaired) electrons. The summed E-state index contributed by atoms with van der Waals surface area (Å²) in [7, 11) is 0. The van der Waals surface area contributed by atoms with E-state index in [1.165, 1.54) is 35.1 Å². The molecule has 12 nitrogen and oxygen atoms in total. The first-order valence-corrected chi connectivity index (χ1v) is 8.51. The van der Waals surface area contributed by atoms with E-state index >= 15 is 0 Å². The van der Waals surface area contributed by atoms with Gasteiger partial charge in [-0.3, -0.25) is 25.0 Å². The SMILES string of the molecule is O=C(Nc1ccc([N+](=O)[O-])cc1O)c1ccn(COc2ccc([N+](=O)[O-])cc2Cl)n1. The Balaban J connectivity index is 1.64. The minimum Gasteiger partial charge on any atom is -0.506 e. The van der Waals surface area contributed by atoms with Crippen molar-refractivity contribution in [1.82, 2.24) is 9.78 Å². The molecule has 3 aromatic rings. The fraction of sp³-hybridized carbons (Fsp3) is 0.0588. The molecule has 0 saturated heterocycles. The molecule has 0 unspecified atom stereocenters. The van der Waals surface area contributed by atoms with Crippen molar-refractivity contribution >= 4 is 34.6 Å². The van der Waals surface area contributed by atoms with Crippen molar-refractivity contribution in [3.8, 4) is 11.5 Å². The molecule has 0 spiro atoms. The monoisotopic (exact) mass is 433 g/mol. The molecule has 0 aliphatic rings. The zero-order valence-electron chi connectivity index (χ0n) is 14.9. The highest BCUT2D eigenvalue weighted by Gasteiger charge is 2.15. The van der Waals surface area contributed by atoms with Crippen LogP contribution in [-0.2, 0) is 6.73 Å². The van der Waals surface area contributed by atoms with Gasteiger partial charge in [0.1, 0.15) is 11.5 Å². The van der Waals surface area contributed by atoms with Gasteiger partial charge in [0.05, 0.1) is 26.6 Å². The normalized spacial score (nSPS) is 10.4. The van der Waals surface area contributed by atoms with E-state index in [1.807, 2.05) is 0 Å². The van der Waals surface area contributed by atoms with Crippen LogP contribution in [0.4, 0.5) is 17.1 Å². The summed E-state index contributed by atoms with van der Waals surface area (Å²) in [5, 5.41) is 37.7. The van der Waals surface area contributed by atoms with Crippen molar-refractivity contribution in [1.29, 1.82) is 0 Å². The number of aromatic nitrogens is 2. The maximum atomic E-state index is 12.3. The number of amides is 1. The van der Waals surface area contributed by atoms with Crippen LogP contribution in [0.25, 0.3) is 0 Å². The molecule has 1 aromatic heterocycles. The van der Waals surface area contributed by atoms with Crippen LogP contribution in [-0.4, -0.2) is 30.6 Å². The van der Waals surface area contributed by atoms with Gasteiger partial charge in [-0.1, -0.05) is 11.6 Å². The van der Waals surface area contributed by atoms with Crippen LogP contribution in [0, 0.1) is 20.2 Å². The first-order valence-electron chi connectivity index (χ1n) is 8.13. The lowest BCUT2D eigenvalue weighted by atomic mass is 10.2. The van der Waals surface area contributed by atoms with Gasteiger partial charge in [-0.2, -0.15) is 5.10 Å². The van der Waals surface area contributed by atoms with Gasteiger partial charge in [-0.25, -0.2) is 4.68 Å². The Labute approximate surface area is 172 Å². The Morgan fingerprint density at radius 2 is 1.80 bits per heavy atom. The number of carbonyl (C=O) groups excluding carboxylic acids is 1. The molecule has 154 valence electrons. The van der Waals surface area contributed by atoms with E-state index < -0.39 is 21.5 Å². The number of hydrogen-bond donors (Lipinski definition) is 2. The Bertz CT molecular complexity index is 1150. The van der Waals surface area contributed by atoms with Crippen LogP contribution in [0.3, 0.4) is 0 Å². The Morgan fingerprint density at radius 3 is 2.43 bits per heavy atom. The van der Waals surface area contributed by atoms with Gasteiger partial charge in [0.25, 0.3) is 17.3 Å². The van der Waals surface area contributed by atoms with Crippen molar-refractivity contribution in [3.05, 3.63) is 79.6 Å². The maximum absolute atomic E-state index is 12.3. The molecule has 13 heteroatoms. The summed E-state index contributed by atoms with van der Waals surface area (Å²) in [5.41, 5.74) is -0.531. The van der Waals surface area contributed by atoms with Crippen LogP contribution in [0.1, 0.15) is 10.5 Å². The molecule has 2 N–H and O–H groups in total. The van der Waals surface area contributed by atoms with Crippen molar-refractivity contribution in [2.45, 2.75) is 6.73 Å². The Hall–Kier alpha value is -4.19. The largest absolute Gasteiger partial charge is 0.506 e. The molecule has 0 fully saturated rings. The second-order valence-electron chi connectivity index (χ2n) is 5.80. The summed E-state index contributed by atoms with van der Waals surface area (Å²) in [4.78, 5) is 32.4. The number of nitro benzene ring substituents is 2. The van der Waals surface area contributed by atoms with E-state index in [9.17, 15) is 30.1 Å². The van der Waals surface area contributed by atoms with E-state index in [0.29, 0.717) is 0 Å². The number of aromatic hydroxyl groups is 1. The smallest absolute Gasteiger partial charge is 0.276 e. The maximum Gasteiger partial charge on any atom is 0.276 e. The zero-order chi connectivity index (χ0) is 21.8. The van der Waals surface area contributed by atoms with Gasteiger partial charge in [-0.15, -0.1) is 0 Å². The molecule has 0 bridgehead atoms. The third kappa shape index (κ3) is 4.62. The number of hydrogen-bond acceptors (Lipinski definition) is 8. The van der Waals surface area contributed by atoms with Crippen LogP contribution in [0.2, 0.25) is 5.02 Å². The standard InChI is InChI=1S/C17H12ClN5O7/c18-12-7-10(22(26)27)2-4-16(12)30-9-21-6-5-14(20-21)17(25)19-13-3-1-11(23(28)29)8-15(13)24/h1-8,24H,9H2,(H,19,25). The molecule has 0 aliphatic carbocycles. The van der Waals surface area contributed by atoms with E-state index in [1.54, 1.807) is 0 Å². The summed E-state index contributed by atoms with van der Waals surface area (Å²) in [6.07, 6.45) is 1.45. The molecule has 30 heavy (non-hydrogen) atoms. The van der Waals surface area contributed by atoms with E-state index in [0.717, 1.165) is 18.2 Å². The highest BCUT2D eigenvalue weighted by molar-refractivity contribution is 6.32. The summed E-state index contributed by atoms with van der Waals surface area (Å²) >= 11 is 5.94. The van der Waals surface area contributed by atoms with Crippen molar-refractivity contribution in [2.75, 3.05) is 5.32 Å². The van der Waals surface area contributed by atoms with E-state index in [4.69, 9.17) is 16.3 Å². The first-order chi connectivity index (χ1) is 14.2. The lowest BCUT2D eigenvalue weighted by Gasteiger charge is -2.08. The predicted octanol–water partition coefficient (Wildman–Crippen LogP) is 3.35. The molecule has 3 rings (SSSR count). The number of ether oxygens (including phenoxy) is 1. The number of nitrogens with zero attached hydrogens (tertiary/aromatic N) is 4. The molecular formula is C17H12ClN5O7. The second-order valence-corrected chi connectivity index (χ2v) is 6.21. The van der Waals surface area contributed by atoms with Gasteiger partial charge in [0, 0.05) is 24.4 Å². The van der Waals surface area contributed by atoms with Gasteiger partial charge in [0.15, 0.2) is 12.4 Å². The third-order valence-corrected chi connectivity index (χ3v) is 4.09. The number of phenolic OH excluding ortho intramolecular Hbond substituents is 1. The van der Waals surface area contributed by atoms with Crippen molar-refractivity contribution in [3.63, 3.8) is 0 Å². The van der Waals surface area contributed by atoms with Crippen LogP contribution in [0.5, 0.6) is 11.5 Å². The first kappa shape index (κ1) is 20.5. The number of rotatable bonds is 7. The van der Waals surface area contributed by atoms with Gasteiger partial charge < -0.3 is 15.2 Å². The Kier molecular flexibility index (Phi) is 5.78. The topological polar surface area (TPSA) is 163 Å². The van der Waals surface area contributed by atoms with Gasteiger partial charge >= 0.3 is 0 Å². The number of carbonyl (C=O) groups is 1. The molecule has 1 heterocycles. The summed E-state index contributed by atoms with van der Waals surface area (Å²) in [6.45, 7) is -0.131. The number of anilines is 1. The van der Waals surface area contributed by atoms with Gasteiger partial charge in [-0.05, 0) is 18.2 Å². The summed E-state index contributed by atoms with van der Waals surface area (Å²) in [6, 6.07) is 8.36. The number of halogens is 1. The van der Waals surface area contributed by atoms with E-state index in [-0.39, 0.29) is 40.3 Å². The highest BCUT2D eigenvalue weighted by atomic mass is 35.5. The lowest BCUT2D eigenvalue weighted by molar-refractivity contribution is -0.385. The van der Waals surface area contributed by atoms with Crippen molar-refractivity contribution in [2.24, 2.45) is 0 Å². The number of nitro groups is 2. The minimum atomic E-state index is -0.676. The minimum absolute atomic E-state index is 0.00820. The predicted molar refractivity (Wildman–Crippen MR) is 104 cm³/mol. The van der Waals surface area contributed by atoms with E-state index in [2.05, 4.69) is 10.4 Å².